The van der Waals surface area contributed by atoms with Gasteiger partial charge in [0, 0.05) is 34.6 Å². The SMILES string of the molecule is O=C(CSc1ccc(F)cc1)N1CCS[C@H](c2cc(F)ccc2F)CC1. The lowest BCUT2D eigenvalue weighted by Gasteiger charge is -2.20. The van der Waals surface area contributed by atoms with Gasteiger partial charge >= 0.3 is 0 Å². The molecule has 0 unspecified atom stereocenters. The average Bonchev–Trinajstić information content (AvgIpc) is 2.89. The van der Waals surface area contributed by atoms with Crippen molar-refractivity contribution in [3.8, 4) is 0 Å². The molecule has 3 rings (SSSR count). The fourth-order valence-corrected chi connectivity index (χ4v) is 4.84. The first-order valence-corrected chi connectivity index (χ1v) is 10.3. The van der Waals surface area contributed by atoms with E-state index in [0.717, 1.165) is 17.0 Å². The Balaban J connectivity index is 1.56. The molecule has 1 heterocycles. The third-order valence-electron chi connectivity index (χ3n) is 4.18. The Morgan fingerprint density at radius 3 is 2.58 bits per heavy atom. The van der Waals surface area contributed by atoms with Gasteiger partial charge in [0.2, 0.25) is 5.91 Å². The van der Waals surface area contributed by atoms with Gasteiger partial charge in [0.25, 0.3) is 0 Å². The first-order chi connectivity index (χ1) is 12.5. The Kier molecular flexibility index (Phi) is 6.53. The normalized spacial score (nSPS) is 17.8. The molecule has 0 saturated carbocycles. The fourth-order valence-electron chi connectivity index (χ4n) is 2.80. The van der Waals surface area contributed by atoms with Crippen molar-refractivity contribution in [1.82, 2.24) is 4.90 Å². The molecule has 1 saturated heterocycles. The zero-order chi connectivity index (χ0) is 18.5. The Morgan fingerprint density at radius 2 is 1.81 bits per heavy atom. The Labute approximate surface area is 159 Å². The van der Waals surface area contributed by atoms with E-state index in [-0.39, 0.29) is 22.7 Å². The van der Waals surface area contributed by atoms with Crippen molar-refractivity contribution in [2.45, 2.75) is 16.6 Å². The predicted octanol–water partition coefficient (Wildman–Crippen LogP) is 4.90. The van der Waals surface area contributed by atoms with Crippen molar-refractivity contribution in [2.24, 2.45) is 0 Å². The molecular formula is C19H18F3NOS2. The summed E-state index contributed by atoms with van der Waals surface area (Å²) in [6.07, 6.45) is 0.581. The minimum absolute atomic E-state index is 0.000268. The second kappa shape index (κ2) is 8.86. The first kappa shape index (κ1) is 19.2. The minimum Gasteiger partial charge on any atom is -0.341 e. The summed E-state index contributed by atoms with van der Waals surface area (Å²) >= 11 is 2.91. The van der Waals surface area contributed by atoms with Crippen LogP contribution in [0.25, 0.3) is 0 Å². The molecule has 26 heavy (non-hydrogen) atoms. The van der Waals surface area contributed by atoms with Crippen molar-refractivity contribution in [2.75, 3.05) is 24.6 Å². The van der Waals surface area contributed by atoms with Crippen molar-refractivity contribution in [3.05, 3.63) is 65.5 Å². The average molecular weight is 397 g/mol. The van der Waals surface area contributed by atoms with E-state index in [1.807, 2.05) is 0 Å². The second-order valence-corrected chi connectivity index (χ2v) is 8.30. The summed E-state index contributed by atoms with van der Waals surface area (Å²) in [5, 5.41) is -0.159. The van der Waals surface area contributed by atoms with E-state index in [1.165, 1.54) is 30.0 Å². The van der Waals surface area contributed by atoms with Gasteiger partial charge in [0.1, 0.15) is 17.5 Å². The topological polar surface area (TPSA) is 20.3 Å². The van der Waals surface area contributed by atoms with E-state index in [9.17, 15) is 18.0 Å². The van der Waals surface area contributed by atoms with Gasteiger partial charge in [0.15, 0.2) is 0 Å². The highest BCUT2D eigenvalue weighted by Gasteiger charge is 2.24. The molecule has 2 aromatic carbocycles. The van der Waals surface area contributed by atoms with Crippen molar-refractivity contribution >= 4 is 29.4 Å². The van der Waals surface area contributed by atoms with Crippen LogP contribution in [0.4, 0.5) is 13.2 Å². The quantitative estimate of drug-likeness (QED) is 0.685. The molecule has 138 valence electrons. The van der Waals surface area contributed by atoms with Gasteiger partial charge in [-0.1, -0.05) is 0 Å². The molecule has 1 atom stereocenters. The van der Waals surface area contributed by atoms with Gasteiger partial charge < -0.3 is 4.90 Å². The number of halogens is 3. The summed E-state index contributed by atoms with van der Waals surface area (Å²) in [4.78, 5) is 15.0. The number of benzene rings is 2. The molecule has 0 bridgehead atoms. The first-order valence-electron chi connectivity index (χ1n) is 8.25. The lowest BCUT2D eigenvalue weighted by molar-refractivity contribution is -0.128. The molecule has 0 aromatic heterocycles. The third kappa shape index (κ3) is 4.98. The number of rotatable bonds is 4. The van der Waals surface area contributed by atoms with Crippen LogP contribution in [0, 0.1) is 17.5 Å². The number of carbonyl (C=O) groups is 1. The van der Waals surface area contributed by atoms with Gasteiger partial charge in [-0.15, -0.1) is 11.8 Å². The maximum Gasteiger partial charge on any atom is 0.232 e. The third-order valence-corrected chi connectivity index (χ3v) is 6.48. The van der Waals surface area contributed by atoms with Crippen LogP contribution >= 0.6 is 23.5 Å². The number of amides is 1. The molecule has 0 aliphatic carbocycles. The molecule has 0 radical (unpaired) electrons. The number of thioether (sulfide) groups is 2. The van der Waals surface area contributed by atoms with Crippen molar-refractivity contribution in [3.63, 3.8) is 0 Å². The summed E-state index contributed by atoms with van der Waals surface area (Å²) in [7, 11) is 0. The summed E-state index contributed by atoms with van der Waals surface area (Å²) in [5.74, 6) is -0.213. The van der Waals surface area contributed by atoms with E-state index >= 15 is 0 Å². The zero-order valence-electron chi connectivity index (χ0n) is 14.0. The highest BCUT2D eigenvalue weighted by Crippen LogP contribution is 2.36. The number of hydrogen-bond donors (Lipinski definition) is 0. The predicted molar refractivity (Wildman–Crippen MR) is 99.9 cm³/mol. The molecule has 1 amide bonds. The van der Waals surface area contributed by atoms with Crippen molar-refractivity contribution in [1.29, 1.82) is 0 Å². The van der Waals surface area contributed by atoms with E-state index in [4.69, 9.17) is 0 Å². The van der Waals surface area contributed by atoms with Crippen LogP contribution in [0.5, 0.6) is 0 Å². The highest BCUT2D eigenvalue weighted by atomic mass is 32.2. The van der Waals surface area contributed by atoms with Gasteiger partial charge in [-0.3, -0.25) is 4.79 Å². The molecule has 1 aliphatic rings. The van der Waals surface area contributed by atoms with E-state index < -0.39 is 11.6 Å². The summed E-state index contributed by atoms with van der Waals surface area (Å²) < 4.78 is 40.3. The van der Waals surface area contributed by atoms with E-state index in [2.05, 4.69) is 0 Å². The molecule has 0 N–H and O–H groups in total. The van der Waals surface area contributed by atoms with Gasteiger partial charge in [-0.2, -0.15) is 11.8 Å². The molecule has 7 heteroatoms. The Hall–Kier alpha value is -1.60. The monoisotopic (exact) mass is 397 g/mol. The summed E-state index contributed by atoms with van der Waals surface area (Å²) in [6.45, 7) is 1.09. The summed E-state index contributed by atoms with van der Waals surface area (Å²) in [6, 6.07) is 9.54. The number of carbonyl (C=O) groups excluding carboxylic acids is 1. The number of nitrogens with zero attached hydrogens (tertiary/aromatic N) is 1. The molecule has 2 aromatic rings. The van der Waals surface area contributed by atoms with Crippen LogP contribution in [0.1, 0.15) is 17.2 Å². The van der Waals surface area contributed by atoms with Crippen LogP contribution in [-0.2, 0) is 4.79 Å². The second-order valence-electron chi connectivity index (χ2n) is 5.94. The maximum absolute atomic E-state index is 14.0. The minimum atomic E-state index is -0.449. The van der Waals surface area contributed by atoms with E-state index in [1.54, 1.807) is 28.8 Å². The van der Waals surface area contributed by atoms with Gasteiger partial charge in [-0.05, 0) is 48.9 Å². The smallest absolute Gasteiger partial charge is 0.232 e. The lowest BCUT2D eigenvalue weighted by atomic mass is 10.1. The zero-order valence-corrected chi connectivity index (χ0v) is 15.6. The fraction of sp³-hybridized carbons (Fsp3) is 0.316. The van der Waals surface area contributed by atoms with Crippen LogP contribution in [0.15, 0.2) is 47.4 Å². The van der Waals surface area contributed by atoms with Crippen LogP contribution in [0.2, 0.25) is 0 Å². The number of hydrogen-bond acceptors (Lipinski definition) is 3. The van der Waals surface area contributed by atoms with Gasteiger partial charge in [0.05, 0.1) is 5.75 Å². The van der Waals surface area contributed by atoms with Gasteiger partial charge in [-0.25, -0.2) is 13.2 Å². The Bertz CT molecular complexity index is 770. The standard InChI is InChI=1S/C19H18F3NOS2/c20-13-1-4-15(5-2-13)26-12-19(24)23-8-7-18(25-10-9-23)16-11-14(21)3-6-17(16)22/h1-6,11,18H,7-10,12H2/t18-/m0/s1. The molecule has 2 nitrogen and oxygen atoms in total. The molecule has 0 spiro atoms. The van der Waals surface area contributed by atoms with Crippen LogP contribution < -0.4 is 0 Å². The summed E-state index contributed by atoms with van der Waals surface area (Å²) in [5.41, 5.74) is 0.366. The van der Waals surface area contributed by atoms with Crippen molar-refractivity contribution < 1.29 is 18.0 Å². The highest BCUT2D eigenvalue weighted by molar-refractivity contribution is 8.00. The molecule has 1 fully saturated rings. The van der Waals surface area contributed by atoms with Crippen LogP contribution in [0.3, 0.4) is 0 Å². The van der Waals surface area contributed by atoms with Crippen LogP contribution in [-0.4, -0.2) is 35.4 Å². The van der Waals surface area contributed by atoms with E-state index in [0.29, 0.717) is 30.8 Å². The largest absolute Gasteiger partial charge is 0.341 e. The Morgan fingerprint density at radius 1 is 1.08 bits per heavy atom. The maximum atomic E-state index is 14.0. The molecule has 1 aliphatic heterocycles. The molecular weight excluding hydrogens is 379 g/mol. The lowest BCUT2D eigenvalue weighted by Crippen LogP contribution is -2.34.